The van der Waals surface area contributed by atoms with Gasteiger partial charge in [0.2, 0.25) is 0 Å². The molecule has 0 spiro atoms. The molecule has 6 nitrogen and oxygen atoms in total. The van der Waals surface area contributed by atoms with Crippen molar-refractivity contribution in [2.24, 2.45) is 7.05 Å². The van der Waals surface area contributed by atoms with Gasteiger partial charge in [0, 0.05) is 47.5 Å². The number of rotatable bonds is 4. The smallest absolute Gasteiger partial charge is 0.266 e. The van der Waals surface area contributed by atoms with Crippen molar-refractivity contribution in [3.05, 3.63) is 70.6 Å². The van der Waals surface area contributed by atoms with E-state index in [0.717, 1.165) is 11.1 Å². The molecular weight excluding hydrogens is 362 g/mol. The molecule has 134 valence electrons. The van der Waals surface area contributed by atoms with Crippen LogP contribution in [0.1, 0.15) is 11.1 Å². The van der Waals surface area contributed by atoms with Crippen LogP contribution < -0.4 is 5.32 Å². The molecule has 3 aromatic rings. The van der Waals surface area contributed by atoms with Crippen molar-refractivity contribution >= 4 is 29.3 Å². The van der Waals surface area contributed by atoms with Crippen LogP contribution in [0, 0.1) is 18.3 Å². The van der Waals surface area contributed by atoms with E-state index in [-0.39, 0.29) is 5.57 Å². The molecule has 0 aliphatic rings. The topological polar surface area (TPSA) is 83.6 Å². The number of nitriles is 1. The van der Waals surface area contributed by atoms with Crippen molar-refractivity contribution in [2.45, 2.75) is 6.92 Å². The molecule has 0 radical (unpaired) electrons. The lowest BCUT2D eigenvalue weighted by atomic mass is 10.1. The third-order valence-electron chi connectivity index (χ3n) is 3.99. The highest BCUT2D eigenvalue weighted by atomic mass is 35.5. The summed E-state index contributed by atoms with van der Waals surface area (Å²) >= 11 is 6.08. The van der Waals surface area contributed by atoms with Crippen LogP contribution in [0.2, 0.25) is 5.02 Å². The van der Waals surface area contributed by atoms with Crippen LogP contribution >= 0.6 is 11.6 Å². The minimum Gasteiger partial charge on any atom is -0.321 e. The van der Waals surface area contributed by atoms with Gasteiger partial charge in [-0.15, -0.1) is 0 Å². The van der Waals surface area contributed by atoms with Crippen molar-refractivity contribution in [1.82, 2.24) is 14.8 Å². The van der Waals surface area contributed by atoms with Crippen LogP contribution in [0.3, 0.4) is 0 Å². The van der Waals surface area contributed by atoms with Gasteiger partial charge < -0.3 is 5.32 Å². The Bertz CT molecular complexity index is 1060. The van der Waals surface area contributed by atoms with E-state index >= 15 is 0 Å². The Morgan fingerprint density at radius 3 is 2.74 bits per heavy atom. The van der Waals surface area contributed by atoms with E-state index in [1.165, 1.54) is 6.08 Å². The number of anilines is 1. The lowest BCUT2D eigenvalue weighted by Gasteiger charge is -2.08. The first kappa shape index (κ1) is 18.4. The summed E-state index contributed by atoms with van der Waals surface area (Å²) < 4.78 is 1.63. The van der Waals surface area contributed by atoms with Gasteiger partial charge in [-0.1, -0.05) is 17.7 Å². The second-order valence-electron chi connectivity index (χ2n) is 5.88. The molecule has 1 aromatic carbocycles. The van der Waals surface area contributed by atoms with Gasteiger partial charge in [0.05, 0.1) is 5.69 Å². The second kappa shape index (κ2) is 7.85. The zero-order chi connectivity index (χ0) is 19.4. The predicted molar refractivity (Wildman–Crippen MR) is 105 cm³/mol. The monoisotopic (exact) mass is 377 g/mol. The fourth-order valence-electron chi connectivity index (χ4n) is 2.58. The number of hydrogen-bond acceptors (Lipinski definition) is 4. The van der Waals surface area contributed by atoms with E-state index in [1.54, 1.807) is 55.4 Å². The minimum atomic E-state index is -0.507. The fraction of sp³-hybridized carbons (Fsp3) is 0.100. The van der Waals surface area contributed by atoms with Crippen molar-refractivity contribution < 1.29 is 4.79 Å². The highest BCUT2D eigenvalue weighted by molar-refractivity contribution is 6.31. The van der Waals surface area contributed by atoms with Crippen molar-refractivity contribution in [3.63, 3.8) is 0 Å². The highest BCUT2D eigenvalue weighted by Gasteiger charge is 2.15. The molecule has 0 saturated carbocycles. The van der Waals surface area contributed by atoms with Gasteiger partial charge >= 0.3 is 0 Å². The lowest BCUT2D eigenvalue weighted by Crippen LogP contribution is -2.14. The number of halogens is 1. The molecule has 7 heteroatoms. The van der Waals surface area contributed by atoms with Gasteiger partial charge in [-0.25, -0.2) is 0 Å². The summed E-state index contributed by atoms with van der Waals surface area (Å²) in [6, 6.07) is 10.8. The number of carbonyl (C=O) groups is 1. The van der Waals surface area contributed by atoms with E-state index in [2.05, 4.69) is 15.4 Å². The maximum Gasteiger partial charge on any atom is 0.266 e. The molecule has 0 aliphatic carbocycles. The summed E-state index contributed by atoms with van der Waals surface area (Å²) in [5, 5.41) is 17.2. The van der Waals surface area contributed by atoms with Crippen molar-refractivity contribution in [2.75, 3.05) is 5.32 Å². The summed E-state index contributed by atoms with van der Waals surface area (Å²) in [7, 11) is 1.78. The molecule has 3 rings (SSSR count). The third kappa shape index (κ3) is 4.05. The first-order valence-corrected chi connectivity index (χ1v) is 8.49. The molecule has 0 unspecified atom stereocenters. The average Bonchev–Trinajstić information content (AvgIpc) is 3.04. The summed E-state index contributed by atoms with van der Waals surface area (Å²) in [4.78, 5) is 16.6. The van der Waals surface area contributed by atoms with Gasteiger partial charge in [-0.3, -0.25) is 14.5 Å². The second-order valence-corrected chi connectivity index (χ2v) is 6.29. The van der Waals surface area contributed by atoms with Crippen LogP contribution in [0.15, 0.2) is 54.5 Å². The molecule has 0 atom stereocenters. The number of amides is 1. The highest BCUT2D eigenvalue weighted by Crippen LogP contribution is 2.25. The van der Waals surface area contributed by atoms with Crippen molar-refractivity contribution in [3.8, 4) is 17.3 Å². The van der Waals surface area contributed by atoms with E-state index in [1.807, 2.05) is 18.2 Å². The lowest BCUT2D eigenvalue weighted by molar-refractivity contribution is -0.112. The quantitative estimate of drug-likeness (QED) is 0.550. The van der Waals surface area contributed by atoms with E-state index in [0.29, 0.717) is 22.0 Å². The molecule has 1 amide bonds. The van der Waals surface area contributed by atoms with Crippen LogP contribution in [-0.4, -0.2) is 20.7 Å². The fourth-order valence-corrected chi connectivity index (χ4v) is 2.76. The first-order valence-electron chi connectivity index (χ1n) is 8.12. The van der Waals surface area contributed by atoms with Gasteiger partial charge in [-0.05, 0) is 42.8 Å². The van der Waals surface area contributed by atoms with Gasteiger partial charge in [0.1, 0.15) is 11.6 Å². The Hall–Kier alpha value is -3.43. The SMILES string of the molecule is Cc1c(Cl)cccc1NC(=O)C(C#N)=Cc1cn(C)nc1-c1ccncc1. The van der Waals surface area contributed by atoms with Crippen LogP contribution in [0.5, 0.6) is 0 Å². The molecule has 2 aromatic heterocycles. The largest absolute Gasteiger partial charge is 0.321 e. The Labute approximate surface area is 161 Å². The Balaban J connectivity index is 1.95. The molecule has 1 N–H and O–H groups in total. The number of nitrogens with zero attached hydrogens (tertiary/aromatic N) is 4. The Morgan fingerprint density at radius 1 is 1.30 bits per heavy atom. The summed E-state index contributed by atoms with van der Waals surface area (Å²) in [6.07, 6.45) is 6.61. The molecule has 0 saturated heterocycles. The molecule has 2 heterocycles. The normalized spacial score (nSPS) is 11.1. The Morgan fingerprint density at radius 2 is 2.04 bits per heavy atom. The van der Waals surface area contributed by atoms with Crippen LogP contribution in [-0.2, 0) is 11.8 Å². The number of pyridine rings is 1. The molecule has 0 fully saturated rings. The van der Waals surface area contributed by atoms with Crippen molar-refractivity contribution in [1.29, 1.82) is 5.26 Å². The van der Waals surface area contributed by atoms with Crippen LogP contribution in [0.4, 0.5) is 5.69 Å². The van der Waals surface area contributed by atoms with Crippen LogP contribution in [0.25, 0.3) is 17.3 Å². The molecule has 0 bridgehead atoms. The maximum absolute atomic E-state index is 12.6. The van der Waals surface area contributed by atoms with Gasteiger partial charge in [-0.2, -0.15) is 10.4 Å². The molecular formula is C20H16ClN5O. The molecule has 0 aliphatic heterocycles. The summed E-state index contributed by atoms with van der Waals surface area (Å²) in [5.41, 5.74) is 3.45. The van der Waals surface area contributed by atoms with E-state index in [4.69, 9.17) is 11.6 Å². The molecule has 27 heavy (non-hydrogen) atoms. The zero-order valence-electron chi connectivity index (χ0n) is 14.8. The first-order chi connectivity index (χ1) is 13.0. The number of hydrogen-bond donors (Lipinski definition) is 1. The Kier molecular flexibility index (Phi) is 5.34. The summed E-state index contributed by atoms with van der Waals surface area (Å²) in [6.45, 7) is 1.80. The number of aryl methyl sites for hydroxylation is 1. The standard InChI is InChI=1S/C20H16ClN5O/c1-13-17(21)4-3-5-18(13)24-20(27)15(11-22)10-16-12-26(2)25-19(16)14-6-8-23-9-7-14/h3-10,12H,1-2H3,(H,24,27). The predicted octanol–water partition coefficient (Wildman–Crippen LogP) is 3.99. The number of carbonyl (C=O) groups excluding carboxylic acids is 1. The summed E-state index contributed by atoms with van der Waals surface area (Å²) in [5.74, 6) is -0.507. The van der Waals surface area contributed by atoms with Gasteiger partial charge in [0.25, 0.3) is 5.91 Å². The minimum absolute atomic E-state index is 0.0299. The number of nitrogens with one attached hydrogen (secondary N) is 1. The van der Waals surface area contributed by atoms with E-state index < -0.39 is 5.91 Å². The third-order valence-corrected chi connectivity index (χ3v) is 4.40. The number of benzene rings is 1. The zero-order valence-corrected chi connectivity index (χ0v) is 15.5. The average molecular weight is 378 g/mol. The maximum atomic E-state index is 12.6. The van der Waals surface area contributed by atoms with Gasteiger partial charge in [0.15, 0.2) is 0 Å². The van der Waals surface area contributed by atoms with E-state index in [9.17, 15) is 10.1 Å². The number of aromatic nitrogens is 3.